The van der Waals surface area contributed by atoms with Gasteiger partial charge < -0.3 is 4.90 Å². The lowest BCUT2D eigenvalue weighted by molar-refractivity contribution is -0.104. The molecule has 2 nitrogen and oxygen atoms in total. The van der Waals surface area contributed by atoms with Gasteiger partial charge in [0.2, 0.25) is 0 Å². The van der Waals surface area contributed by atoms with Crippen molar-refractivity contribution in [2.45, 2.75) is 25.7 Å². The predicted molar refractivity (Wildman–Crippen MR) is 91.3 cm³/mol. The van der Waals surface area contributed by atoms with E-state index in [0.717, 1.165) is 18.4 Å². The summed E-state index contributed by atoms with van der Waals surface area (Å²) < 4.78 is 0. The van der Waals surface area contributed by atoms with Crippen molar-refractivity contribution >= 4 is 12.0 Å². The predicted octanol–water partition coefficient (Wildman–Crippen LogP) is 4.09. The topological polar surface area (TPSA) is 20.3 Å². The molecule has 0 spiro atoms. The van der Waals surface area contributed by atoms with Gasteiger partial charge in [0.25, 0.3) is 0 Å². The molecule has 2 aromatic carbocycles. The highest BCUT2D eigenvalue weighted by atomic mass is 16.1. The van der Waals surface area contributed by atoms with E-state index in [1.807, 2.05) is 13.1 Å². The molecule has 1 heterocycles. The molecule has 0 unspecified atom stereocenters. The molecule has 0 fully saturated rings. The van der Waals surface area contributed by atoms with Crippen molar-refractivity contribution < 1.29 is 4.79 Å². The van der Waals surface area contributed by atoms with E-state index in [0.29, 0.717) is 0 Å². The molecule has 2 aromatic rings. The third-order valence-electron chi connectivity index (χ3n) is 4.57. The number of benzene rings is 2. The molecular weight excluding hydrogens is 270 g/mol. The average Bonchev–Trinajstić information content (AvgIpc) is 2.70. The van der Waals surface area contributed by atoms with Crippen LogP contribution in [0, 0.1) is 0 Å². The lowest BCUT2D eigenvalue weighted by Gasteiger charge is -2.23. The zero-order valence-electron chi connectivity index (χ0n) is 13.3. The Morgan fingerprint density at radius 2 is 1.77 bits per heavy atom. The highest BCUT2D eigenvalue weighted by Crippen LogP contribution is 2.47. The highest BCUT2D eigenvalue weighted by molar-refractivity contribution is 5.77. The zero-order valence-corrected chi connectivity index (χ0v) is 13.3. The van der Waals surface area contributed by atoms with E-state index in [-0.39, 0.29) is 5.41 Å². The molecule has 0 aliphatic carbocycles. The van der Waals surface area contributed by atoms with Gasteiger partial charge in [0.15, 0.2) is 0 Å². The summed E-state index contributed by atoms with van der Waals surface area (Å²) in [6.07, 6.45) is 3.49. The Bertz CT molecular complexity index is 729. The maximum atomic E-state index is 11.0. The van der Waals surface area contributed by atoms with E-state index >= 15 is 0 Å². The number of carbonyl (C=O) groups is 1. The first-order chi connectivity index (χ1) is 10.5. The lowest BCUT2D eigenvalue weighted by atomic mass is 9.82. The summed E-state index contributed by atoms with van der Waals surface area (Å²) in [6.45, 7) is 4.36. The van der Waals surface area contributed by atoms with Gasteiger partial charge in [-0.05, 0) is 35.3 Å². The zero-order chi connectivity index (χ0) is 15.7. The first-order valence-electron chi connectivity index (χ1n) is 7.61. The molecule has 0 radical (unpaired) electrons. The molecule has 22 heavy (non-hydrogen) atoms. The molecule has 112 valence electrons. The van der Waals surface area contributed by atoms with Crippen molar-refractivity contribution in [3.63, 3.8) is 0 Å². The van der Waals surface area contributed by atoms with Crippen LogP contribution >= 0.6 is 0 Å². The summed E-state index contributed by atoms with van der Waals surface area (Å²) in [5.41, 5.74) is 6.01. The van der Waals surface area contributed by atoms with E-state index < -0.39 is 0 Å². The molecule has 1 aliphatic rings. The molecule has 1 aliphatic heterocycles. The second-order valence-electron chi connectivity index (χ2n) is 6.39. The van der Waals surface area contributed by atoms with Gasteiger partial charge in [0, 0.05) is 23.8 Å². The Morgan fingerprint density at radius 1 is 1.05 bits per heavy atom. The van der Waals surface area contributed by atoms with Crippen LogP contribution in [0.2, 0.25) is 0 Å². The van der Waals surface area contributed by atoms with Gasteiger partial charge in [-0.2, -0.15) is 0 Å². The van der Waals surface area contributed by atoms with Crippen LogP contribution in [0.15, 0.2) is 60.3 Å². The number of anilines is 1. The Morgan fingerprint density at radius 3 is 2.45 bits per heavy atom. The summed E-state index contributed by atoms with van der Waals surface area (Å²) in [6, 6.07) is 17.1. The molecule has 3 rings (SSSR count). The van der Waals surface area contributed by atoms with Crippen LogP contribution < -0.4 is 4.90 Å². The number of rotatable bonds is 3. The van der Waals surface area contributed by atoms with Gasteiger partial charge >= 0.3 is 0 Å². The quantitative estimate of drug-likeness (QED) is 0.627. The Kier molecular flexibility index (Phi) is 3.61. The fourth-order valence-electron chi connectivity index (χ4n) is 3.39. The van der Waals surface area contributed by atoms with Gasteiger partial charge in [-0.3, -0.25) is 4.79 Å². The number of carbonyl (C=O) groups excluding carboxylic acids is 1. The third-order valence-corrected chi connectivity index (χ3v) is 4.57. The fraction of sp³-hybridized carbons (Fsp3) is 0.250. The largest absolute Gasteiger partial charge is 0.347 e. The minimum atomic E-state index is -0.141. The Labute approximate surface area is 132 Å². The summed E-state index contributed by atoms with van der Waals surface area (Å²) in [7, 11) is 2.03. The molecule has 0 saturated carbocycles. The van der Waals surface area contributed by atoms with Crippen LogP contribution in [0.25, 0.3) is 0 Å². The average molecular weight is 291 g/mol. The van der Waals surface area contributed by atoms with Crippen molar-refractivity contribution in [2.24, 2.45) is 0 Å². The normalized spacial score (nSPS) is 17.6. The van der Waals surface area contributed by atoms with E-state index in [9.17, 15) is 4.79 Å². The number of fused-ring (bicyclic) bond motifs is 1. The Balaban J connectivity index is 2.00. The molecule has 0 amide bonds. The number of likely N-dealkylation sites (N-methyl/N-ethyl adjacent to an activating group) is 1. The summed E-state index contributed by atoms with van der Waals surface area (Å²) in [5, 5.41) is 0. The first kappa shape index (κ1) is 14.6. The number of hydrogen-bond donors (Lipinski definition) is 0. The third kappa shape index (κ3) is 2.35. The van der Waals surface area contributed by atoms with Gasteiger partial charge in [-0.25, -0.2) is 0 Å². The molecule has 2 heteroatoms. The second-order valence-corrected chi connectivity index (χ2v) is 6.39. The summed E-state index contributed by atoms with van der Waals surface area (Å²) >= 11 is 0. The standard InChI is InChI=1S/C20H21NO/c1-20(2)17-14-16(13-15-7-5-4-6-8-15)9-10-18(17)21(3)19(20)11-12-22/h4-12,14H,13H2,1-3H3. The van der Waals surface area contributed by atoms with Crippen LogP contribution in [-0.4, -0.2) is 13.3 Å². The Hall–Kier alpha value is -2.35. The monoisotopic (exact) mass is 291 g/mol. The van der Waals surface area contributed by atoms with Crippen LogP contribution in [0.4, 0.5) is 5.69 Å². The van der Waals surface area contributed by atoms with Crippen LogP contribution in [0.1, 0.15) is 30.5 Å². The maximum absolute atomic E-state index is 11.0. The maximum Gasteiger partial charge on any atom is 0.144 e. The van der Waals surface area contributed by atoms with Gasteiger partial charge in [0.1, 0.15) is 6.29 Å². The van der Waals surface area contributed by atoms with Crippen molar-refractivity contribution in [3.8, 4) is 0 Å². The lowest BCUT2D eigenvalue weighted by Crippen LogP contribution is -2.23. The number of nitrogens with zero attached hydrogens (tertiary/aromatic N) is 1. The van der Waals surface area contributed by atoms with Crippen molar-refractivity contribution in [3.05, 3.63) is 77.0 Å². The van der Waals surface area contributed by atoms with Gasteiger partial charge in [-0.15, -0.1) is 0 Å². The molecule has 0 atom stereocenters. The molecule has 0 aromatic heterocycles. The first-order valence-corrected chi connectivity index (χ1v) is 7.61. The van der Waals surface area contributed by atoms with Crippen LogP contribution in [0.5, 0.6) is 0 Å². The molecule has 0 N–H and O–H groups in total. The van der Waals surface area contributed by atoms with E-state index in [4.69, 9.17) is 0 Å². The fourth-order valence-corrected chi connectivity index (χ4v) is 3.39. The van der Waals surface area contributed by atoms with Crippen molar-refractivity contribution in [1.82, 2.24) is 0 Å². The van der Waals surface area contributed by atoms with Crippen molar-refractivity contribution in [1.29, 1.82) is 0 Å². The second kappa shape index (κ2) is 5.45. The van der Waals surface area contributed by atoms with E-state index in [2.05, 4.69) is 61.2 Å². The molecular formula is C20H21NO. The highest BCUT2D eigenvalue weighted by Gasteiger charge is 2.38. The summed E-state index contributed by atoms with van der Waals surface area (Å²) in [4.78, 5) is 13.1. The van der Waals surface area contributed by atoms with Gasteiger partial charge in [-0.1, -0.05) is 56.3 Å². The SMILES string of the molecule is CN1C(=CC=O)C(C)(C)c2cc(Cc3ccccc3)ccc21. The minimum absolute atomic E-state index is 0.141. The smallest absolute Gasteiger partial charge is 0.144 e. The van der Waals surface area contributed by atoms with E-state index in [1.165, 1.54) is 22.4 Å². The number of hydrogen-bond acceptors (Lipinski definition) is 2. The van der Waals surface area contributed by atoms with Crippen molar-refractivity contribution in [2.75, 3.05) is 11.9 Å². The van der Waals surface area contributed by atoms with Gasteiger partial charge in [0.05, 0.1) is 0 Å². The van der Waals surface area contributed by atoms with Crippen LogP contribution in [0.3, 0.4) is 0 Å². The molecule has 0 saturated heterocycles. The molecule has 0 bridgehead atoms. The van der Waals surface area contributed by atoms with Crippen LogP contribution in [-0.2, 0) is 16.6 Å². The van der Waals surface area contributed by atoms with E-state index in [1.54, 1.807) is 6.08 Å². The summed E-state index contributed by atoms with van der Waals surface area (Å²) in [5.74, 6) is 0. The number of aldehydes is 1. The number of allylic oxidation sites excluding steroid dienone is 2. The minimum Gasteiger partial charge on any atom is -0.347 e.